The second-order valence-electron chi connectivity index (χ2n) is 6.96. The smallest absolute Gasteiger partial charge is 0.243 e. The van der Waals surface area contributed by atoms with Crippen molar-refractivity contribution >= 4 is 31.5 Å². The first-order valence-corrected chi connectivity index (χ1v) is 13.0. The standard InChI is InChI=1S/C18H29ClN2O4S2/c1-4-20(5-2)10-6-11-21(17-9-12-26(22,23)14-17)27(24,25)18-13-16(19)8-7-15(18)3/h7-8,13,17H,4-6,9-12,14H2,1-3H3/t17-/m0/s1. The molecular formula is C18H29ClN2O4S2. The molecule has 1 aromatic rings. The Bertz CT molecular complexity index is 852. The zero-order chi connectivity index (χ0) is 20.2. The van der Waals surface area contributed by atoms with Crippen molar-refractivity contribution in [3.8, 4) is 0 Å². The van der Waals surface area contributed by atoms with Gasteiger partial charge in [0.2, 0.25) is 10.0 Å². The zero-order valence-corrected chi connectivity index (χ0v) is 18.6. The monoisotopic (exact) mass is 436 g/mol. The van der Waals surface area contributed by atoms with Gasteiger partial charge >= 0.3 is 0 Å². The lowest BCUT2D eigenvalue weighted by Gasteiger charge is -2.29. The Labute approximate surface area is 168 Å². The van der Waals surface area contributed by atoms with E-state index < -0.39 is 25.9 Å². The number of halogens is 1. The SMILES string of the molecule is CCN(CC)CCCN([C@H]1CCS(=O)(=O)C1)S(=O)(=O)c1cc(Cl)ccc1C. The number of nitrogens with zero attached hydrogens (tertiary/aromatic N) is 2. The molecule has 1 atom stereocenters. The van der Waals surface area contributed by atoms with Crippen LogP contribution in [0.3, 0.4) is 0 Å². The summed E-state index contributed by atoms with van der Waals surface area (Å²) in [5.74, 6) is -0.0780. The van der Waals surface area contributed by atoms with Crippen LogP contribution in [-0.2, 0) is 19.9 Å². The maximum atomic E-state index is 13.4. The third-order valence-corrected chi connectivity index (χ3v) is 9.18. The van der Waals surface area contributed by atoms with Crippen molar-refractivity contribution in [2.75, 3.05) is 37.7 Å². The van der Waals surface area contributed by atoms with Crippen LogP contribution in [0.2, 0.25) is 5.02 Å². The molecule has 27 heavy (non-hydrogen) atoms. The first-order valence-electron chi connectivity index (χ1n) is 9.31. The average Bonchev–Trinajstić information content (AvgIpc) is 2.96. The van der Waals surface area contributed by atoms with Crippen LogP contribution in [0.25, 0.3) is 0 Å². The van der Waals surface area contributed by atoms with Gasteiger partial charge in [0.15, 0.2) is 9.84 Å². The summed E-state index contributed by atoms with van der Waals surface area (Å²) in [7, 11) is -7.03. The number of sulfone groups is 1. The van der Waals surface area contributed by atoms with Crippen molar-refractivity contribution in [1.82, 2.24) is 9.21 Å². The largest absolute Gasteiger partial charge is 0.304 e. The van der Waals surface area contributed by atoms with Gasteiger partial charge in [-0.2, -0.15) is 4.31 Å². The zero-order valence-electron chi connectivity index (χ0n) is 16.2. The van der Waals surface area contributed by atoms with Gasteiger partial charge in [-0.1, -0.05) is 31.5 Å². The van der Waals surface area contributed by atoms with Crippen LogP contribution >= 0.6 is 11.6 Å². The number of rotatable bonds is 9. The molecule has 1 aliphatic heterocycles. The predicted molar refractivity (Wildman–Crippen MR) is 110 cm³/mol. The van der Waals surface area contributed by atoms with Crippen molar-refractivity contribution in [1.29, 1.82) is 0 Å². The highest BCUT2D eigenvalue weighted by Gasteiger charge is 2.39. The molecule has 0 radical (unpaired) electrons. The van der Waals surface area contributed by atoms with Gasteiger partial charge in [-0.05, 0) is 57.1 Å². The Kier molecular flexibility index (Phi) is 7.72. The summed E-state index contributed by atoms with van der Waals surface area (Å²) in [6, 6.07) is 4.26. The lowest BCUT2D eigenvalue weighted by Crippen LogP contribution is -2.42. The van der Waals surface area contributed by atoms with E-state index in [9.17, 15) is 16.8 Å². The molecule has 0 aliphatic carbocycles. The van der Waals surface area contributed by atoms with E-state index in [4.69, 9.17) is 11.6 Å². The summed E-state index contributed by atoms with van der Waals surface area (Å²) in [5, 5.41) is 0.348. The molecule has 0 bridgehead atoms. The van der Waals surface area contributed by atoms with Gasteiger partial charge in [0.1, 0.15) is 0 Å². The van der Waals surface area contributed by atoms with Gasteiger partial charge in [-0.3, -0.25) is 0 Å². The van der Waals surface area contributed by atoms with E-state index in [1.54, 1.807) is 19.1 Å². The van der Waals surface area contributed by atoms with Gasteiger partial charge in [0.25, 0.3) is 0 Å². The lowest BCUT2D eigenvalue weighted by atomic mass is 10.2. The highest BCUT2D eigenvalue weighted by Crippen LogP contribution is 2.28. The molecule has 1 heterocycles. The quantitative estimate of drug-likeness (QED) is 0.594. The molecule has 0 N–H and O–H groups in total. The maximum Gasteiger partial charge on any atom is 0.243 e. The minimum absolute atomic E-state index is 0.0360. The maximum absolute atomic E-state index is 13.4. The molecule has 0 amide bonds. The Hall–Kier alpha value is -0.670. The number of hydrogen-bond donors (Lipinski definition) is 0. The van der Waals surface area contributed by atoms with Gasteiger partial charge in [-0.25, -0.2) is 16.8 Å². The lowest BCUT2D eigenvalue weighted by molar-refractivity contribution is 0.269. The fourth-order valence-electron chi connectivity index (χ4n) is 3.47. The van der Waals surface area contributed by atoms with E-state index in [0.29, 0.717) is 30.0 Å². The third-order valence-electron chi connectivity index (χ3n) is 5.10. The Morgan fingerprint density at radius 1 is 1.19 bits per heavy atom. The van der Waals surface area contributed by atoms with Crippen LogP contribution in [0.5, 0.6) is 0 Å². The number of benzene rings is 1. The molecule has 0 spiro atoms. The minimum Gasteiger partial charge on any atom is -0.304 e. The topological polar surface area (TPSA) is 74.8 Å². The first kappa shape index (κ1) is 22.6. The fraction of sp³-hybridized carbons (Fsp3) is 0.667. The Morgan fingerprint density at radius 3 is 2.41 bits per heavy atom. The van der Waals surface area contributed by atoms with Crippen molar-refractivity contribution in [3.05, 3.63) is 28.8 Å². The predicted octanol–water partition coefficient (Wildman–Crippen LogP) is 2.56. The van der Waals surface area contributed by atoms with Crippen LogP contribution in [0.1, 0.15) is 32.3 Å². The molecule has 0 aromatic heterocycles. The third kappa shape index (κ3) is 5.67. The molecule has 1 aromatic carbocycles. The van der Waals surface area contributed by atoms with Crippen molar-refractivity contribution in [3.63, 3.8) is 0 Å². The van der Waals surface area contributed by atoms with Gasteiger partial charge in [0.05, 0.1) is 16.4 Å². The molecular weight excluding hydrogens is 408 g/mol. The second-order valence-corrected chi connectivity index (χ2v) is 11.5. The molecule has 1 fully saturated rings. The molecule has 0 saturated carbocycles. The summed E-state index contributed by atoms with van der Waals surface area (Å²) in [5.41, 5.74) is 0.606. The number of sulfonamides is 1. The van der Waals surface area contributed by atoms with E-state index in [1.807, 2.05) is 0 Å². The summed E-state index contributed by atoms with van der Waals surface area (Å²) in [6.07, 6.45) is 0.990. The number of hydrogen-bond acceptors (Lipinski definition) is 5. The second kappa shape index (κ2) is 9.22. The van der Waals surface area contributed by atoms with Crippen molar-refractivity contribution in [2.45, 2.75) is 44.6 Å². The molecule has 9 heteroatoms. The highest BCUT2D eigenvalue weighted by atomic mass is 35.5. The van der Waals surface area contributed by atoms with Crippen LogP contribution in [0.15, 0.2) is 23.1 Å². The van der Waals surface area contributed by atoms with E-state index in [-0.39, 0.29) is 16.4 Å². The van der Waals surface area contributed by atoms with Crippen LogP contribution < -0.4 is 0 Å². The van der Waals surface area contributed by atoms with Gasteiger partial charge in [-0.15, -0.1) is 0 Å². The van der Waals surface area contributed by atoms with Crippen molar-refractivity contribution in [2.24, 2.45) is 0 Å². The number of aryl methyl sites for hydroxylation is 1. The summed E-state index contributed by atoms with van der Waals surface area (Å²) >= 11 is 6.03. The Balaban J connectivity index is 2.32. The van der Waals surface area contributed by atoms with E-state index in [2.05, 4.69) is 18.7 Å². The molecule has 1 aliphatic rings. The molecule has 0 unspecified atom stereocenters. The fourth-order valence-corrected chi connectivity index (χ4v) is 7.48. The van der Waals surface area contributed by atoms with Crippen LogP contribution in [0.4, 0.5) is 0 Å². The normalized spacial score (nSPS) is 19.9. The molecule has 1 saturated heterocycles. The molecule has 154 valence electrons. The van der Waals surface area contributed by atoms with Crippen LogP contribution in [-0.4, -0.2) is 69.8 Å². The van der Waals surface area contributed by atoms with Gasteiger partial charge < -0.3 is 4.90 Å². The summed E-state index contributed by atoms with van der Waals surface area (Å²) in [6.45, 7) is 8.72. The summed E-state index contributed by atoms with van der Waals surface area (Å²) in [4.78, 5) is 2.38. The summed E-state index contributed by atoms with van der Waals surface area (Å²) < 4.78 is 52.1. The Morgan fingerprint density at radius 2 is 1.85 bits per heavy atom. The van der Waals surface area contributed by atoms with Gasteiger partial charge in [0, 0.05) is 17.6 Å². The molecule has 2 rings (SSSR count). The highest BCUT2D eigenvalue weighted by molar-refractivity contribution is 7.92. The van der Waals surface area contributed by atoms with E-state index in [0.717, 1.165) is 19.6 Å². The average molecular weight is 437 g/mol. The van der Waals surface area contributed by atoms with E-state index >= 15 is 0 Å². The first-order chi connectivity index (χ1) is 12.6. The van der Waals surface area contributed by atoms with Crippen molar-refractivity contribution < 1.29 is 16.8 Å². The minimum atomic E-state index is -3.83. The van der Waals surface area contributed by atoms with E-state index in [1.165, 1.54) is 10.4 Å². The molecule has 6 nitrogen and oxygen atoms in total. The van der Waals surface area contributed by atoms with Crippen LogP contribution in [0, 0.1) is 6.92 Å².